The molecule has 0 heterocycles. The van der Waals surface area contributed by atoms with Gasteiger partial charge < -0.3 is 19.5 Å². The second-order valence-electron chi connectivity index (χ2n) is 6.24. The number of carbonyl (C=O) groups excluding carboxylic acids is 2. The molecule has 0 aliphatic carbocycles. The van der Waals surface area contributed by atoms with Crippen LogP contribution in [0.25, 0.3) is 10.8 Å². The fraction of sp³-hybridized carbons (Fsp3) is 0.182. The second kappa shape index (κ2) is 9.43. The van der Waals surface area contributed by atoms with Crippen LogP contribution in [-0.2, 0) is 16.1 Å². The van der Waals surface area contributed by atoms with E-state index in [9.17, 15) is 9.59 Å². The van der Waals surface area contributed by atoms with Crippen LogP contribution >= 0.6 is 15.9 Å². The van der Waals surface area contributed by atoms with Gasteiger partial charge in [-0.15, -0.1) is 0 Å². The molecule has 7 heteroatoms. The summed E-state index contributed by atoms with van der Waals surface area (Å²) in [6.45, 7) is 0.143. The summed E-state index contributed by atoms with van der Waals surface area (Å²) in [5.41, 5.74) is 1.05. The molecule has 0 spiro atoms. The monoisotopic (exact) mass is 457 g/mol. The highest BCUT2D eigenvalue weighted by Gasteiger charge is 2.14. The largest absolute Gasteiger partial charge is 0.496 e. The van der Waals surface area contributed by atoms with Crippen molar-refractivity contribution >= 4 is 38.6 Å². The molecule has 3 aromatic carbocycles. The van der Waals surface area contributed by atoms with E-state index in [1.165, 1.54) is 14.2 Å². The molecule has 150 valence electrons. The lowest BCUT2D eigenvalue weighted by atomic mass is 10.1. The summed E-state index contributed by atoms with van der Waals surface area (Å²) in [4.78, 5) is 24.0. The van der Waals surface area contributed by atoms with Crippen molar-refractivity contribution in [2.75, 3.05) is 20.8 Å². The highest BCUT2D eigenvalue weighted by atomic mass is 79.9. The maximum Gasteiger partial charge on any atom is 0.341 e. The van der Waals surface area contributed by atoms with E-state index in [4.69, 9.17) is 14.2 Å². The molecule has 0 bridgehead atoms. The third kappa shape index (κ3) is 5.26. The quantitative estimate of drug-likeness (QED) is 0.540. The standard InChI is InChI=1S/C22H20BrNO5/c1-27-20-8-3-14(9-19(20)22(26)28-2)12-24-21(25)13-29-18-7-5-15-10-17(23)6-4-16(15)11-18/h3-11H,12-13H2,1-2H3,(H,24,25). The number of esters is 1. The fourth-order valence-electron chi connectivity index (χ4n) is 2.82. The number of hydrogen-bond donors (Lipinski definition) is 1. The molecule has 0 radical (unpaired) electrons. The van der Waals surface area contributed by atoms with Crippen LogP contribution in [0.1, 0.15) is 15.9 Å². The van der Waals surface area contributed by atoms with E-state index in [0.29, 0.717) is 17.1 Å². The zero-order valence-electron chi connectivity index (χ0n) is 16.0. The van der Waals surface area contributed by atoms with Gasteiger partial charge in [-0.2, -0.15) is 0 Å². The Labute approximate surface area is 176 Å². The van der Waals surface area contributed by atoms with E-state index >= 15 is 0 Å². The Bertz CT molecular complexity index is 1050. The molecule has 0 saturated heterocycles. The van der Waals surface area contributed by atoms with Gasteiger partial charge in [0.2, 0.25) is 0 Å². The third-order valence-electron chi connectivity index (χ3n) is 4.30. The van der Waals surface area contributed by atoms with Crippen LogP contribution in [0.3, 0.4) is 0 Å². The summed E-state index contributed by atoms with van der Waals surface area (Å²) < 4.78 is 16.5. The van der Waals surface area contributed by atoms with E-state index in [1.54, 1.807) is 18.2 Å². The lowest BCUT2D eigenvalue weighted by Crippen LogP contribution is -2.28. The summed E-state index contributed by atoms with van der Waals surface area (Å²) in [6.07, 6.45) is 0. The molecule has 3 rings (SSSR count). The van der Waals surface area contributed by atoms with Crippen LogP contribution in [0.2, 0.25) is 0 Å². The van der Waals surface area contributed by atoms with E-state index in [2.05, 4.69) is 21.2 Å². The summed E-state index contributed by atoms with van der Waals surface area (Å²) in [5.74, 6) is 0.268. The van der Waals surface area contributed by atoms with E-state index < -0.39 is 5.97 Å². The molecule has 0 saturated carbocycles. The number of nitrogens with one attached hydrogen (secondary N) is 1. The molecular weight excluding hydrogens is 438 g/mol. The molecular formula is C22H20BrNO5. The van der Waals surface area contributed by atoms with Gasteiger partial charge in [0.15, 0.2) is 6.61 Å². The number of ether oxygens (including phenoxy) is 3. The minimum absolute atomic E-state index is 0.109. The predicted octanol–water partition coefficient (Wildman–Crippen LogP) is 4.09. The van der Waals surface area contributed by atoms with Gasteiger partial charge in [-0.05, 0) is 52.7 Å². The third-order valence-corrected chi connectivity index (χ3v) is 4.80. The highest BCUT2D eigenvalue weighted by Crippen LogP contribution is 2.24. The Morgan fingerprint density at radius 3 is 2.48 bits per heavy atom. The van der Waals surface area contributed by atoms with Crippen LogP contribution in [0.5, 0.6) is 11.5 Å². The number of fused-ring (bicyclic) bond motifs is 1. The summed E-state index contributed by atoms with van der Waals surface area (Å²) in [5, 5.41) is 4.88. The van der Waals surface area contributed by atoms with Crippen LogP contribution < -0.4 is 14.8 Å². The maximum absolute atomic E-state index is 12.1. The number of carbonyl (C=O) groups is 2. The molecule has 0 aliphatic heterocycles. The molecule has 1 amide bonds. The van der Waals surface area contributed by atoms with Gasteiger partial charge in [-0.25, -0.2) is 4.79 Å². The first kappa shape index (κ1) is 20.7. The van der Waals surface area contributed by atoms with Crippen molar-refractivity contribution in [2.45, 2.75) is 6.54 Å². The van der Waals surface area contributed by atoms with Crippen molar-refractivity contribution in [2.24, 2.45) is 0 Å². The number of amides is 1. The van der Waals surface area contributed by atoms with E-state index in [1.807, 2.05) is 36.4 Å². The highest BCUT2D eigenvalue weighted by molar-refractivity contribution is 9.10. The van der Waals surface area contributed by atoms with Crippen molar-refractivity contribution in [1.82, 2.24) is 5.32 Å². The Kier molecular flexibility index (Phi) is 6.72. The van der Waals surface area contributed by atoms with E-state index in [-0.39, 0.29) is 19.1 Å². The Morgan fingerprint density at radius 2 is 1.72 bits per heavy atom. The van der Waals surface area contributed by atoms with Crippen LogP contribution in [0.15, 0.2) is 59.1 Å². The van der Waals surface area contributed by atoms with Crippen LogP contribution in [0, 0.1) is 0 Å². The van der Waals surface area contributed by atoms with Gasteiger partial charge in [0.05, 0.1) is 14.2 Å². The van der Waals surface area contributed by atoms with Crippen molar-refractivity contribution in [3.63, 3.8) is 0 Å². The first-order valence-electron chi connectivity index (χ1n) is 8.84. The normalized spacial score (nSPS) is 10.4. The van der Waals surface area contributed by atoms with E-state index in [0.717, 1.165) is 20.8 Å². The first-order valence-corrected chi connectivity index (χ1v) is 9.63. The zero-order valence-corrected chi connectivity index (χ0v) is 17.6. The first-order chi connectivity index (χ1) is 14.0. The number of hydrogen-bond acceptors (Lipinski definition) is 5. The van der Waals surface area contributed by atoms with Crippen LogP contribution in [-0.4, -0.2) is 32.7 Å². The average molecular weight is 458 g/mol. The number of rotatable bonds is 7. The Hall–Kier alpha value is -3.06. The van der Waals surface area contributed by atoms with Gasteiger partial charge in [0.25, 0.3) is 5.91 Å². The van der Waals surface area contributed by atoms with Crippen molar-refractivity contribution in [3.8, 4) is 11.5 Å². The molecule has 0 unspecified atom stereocenters. The Morgan fingerprint density at radius 1 is 0.966 bits per heavy atom. The molecule has 29 heavy (non-hydrogen) atoms. The molecule has 1 N–H and O–H groups in total. The van der Waals surface area contributed by atoms with Gasteiger partial charge >= 0.3 is 5.97 Å². The summed E-state index contributed by atoms with van der Waals surface area (Å²) in [7, 11) is 2.78. The minimum Gasteiger partial charge on any atom is -0.496 e. The molecule has 0 atom stereocenters. The molecule has 0 aliphatic rings. The van der Waals surface area contributed by atoms with Crippen LogP contribution in [0.4, 0.5) is 0 Å². The van der Waals surface area contributed by atoms with Crippen molar-refractivity contribution in [3.05, 3.63) is 70.2 Å². The summed E-state index contributed by atoms with van der Waals surface area (Å²) in [6, 6.07) is 16.7. The van der Waals surface area contributed by atoms with Gasteiger partial charge in [0.1, 0.15) is 17.1 Å². The Balaban J connectivity index is 1.57. The smallest absolute Gasteiger partial charge is 0.341 e. The lowest BCUT2D eigenvalue weighted by molar-refractivity contribution is -0.123. The molecule has 6 nitrogen and oxygen atoms in total. The van der Waals surface area contributed by atoms with Crippen molar-refractivity contribution < 1.29 is 23.8 Å². The fourth-order valence-corrected chi connectivity index (χ4v) is 3.20. The number of halogens is 1. The minimum atomic E-state index is -0.498. The molecule has 3 aromatic rings. The second-order valence-corrected chi connectivity index (χ2v) is 7.16. The lowest BCUT2D eigenvalue weighted by Gasteiger charge is -2.11. The zero-order chi connectivity index (χ0) is 20.8. The van der Waals surface area contributed by atoms with Gasteiger partial charge in [0, 0.05) is 11.0 Å². The number of methoxy groups -OCH3 is 2. The average Bonchev–Trinajstić information content (AvgIpc) is 2.75. The molecule has 0 aromatic heterocycles. The predicted molar refractivity (Wildman–Crippen MR) is 113 cm³/mol. The number of benzene rings is 3. The van der Waals surface area contributed by atoms with Gasteiger partial charge in [-0.3, -0.25) is 4.79 Å². The maximum atomic E-state index is 12.1. The topological polar surface area (TPSA) is 73.9 Å². The summed E-state index contributed by atoms with van der Waals surface area (Å²) >= 11 is 3.44. The van der Waals surface area contributed by atoms with Gasteiger partial charge in [-0.1, -0.05) is 34.1 Å². The molecule has 0 fully saturated rings. The van der Waals surface area contributed by atoms with Crippen molar-refractivity contribution in [1.29, 1.82) is 0 Å². The SMILES string of the molecule is COC(=O)c1cc(CNC(=O)COc2ccc3cc(Br)ccc3c2)ccc1OC.